The van der Waals surface area contributed by atoms with E-state index in [2.05, 4.69) is 16.6 Å². The summed E-state index contributed by atoms with van der Waals surface area (Å²) < 4.78 is 0. The standard InChI is InChI=1S/C22H14N2O8.C2H6O2/c1-12(17(27)21(31)19(29)13-2-6-15(7-3-13)23-10-25)18(28)22(32)20(30)14-4-8-16(9-5-14)24-11-26;3-1-2-4/h2-9,21-22,31-32H,1H2;3-4H,1-2H2. The molecule has 0 bridgehead atoms. The molecule has 0 saturated carbocycles. The molecule has 0 aliphatic heterocycles. The number of hydrogen-bond acceptors (Lipinski definition) is 12. The fraction of sp³-hybridized carbons (Fsp3) is 0.167. The number of aliphatic hydroxyl groups is 4. The molecule has 0 spiro atoms. The van der Waals surface area contributed by atoms with Crippen molar-refractivity contribution >= 4 is 46.7 Å². The van der Waals surface area contributed by atoms with Crippen molar-refractivity contribution in [2.24, 2.45) is 9.98 Å². The Bertz CT molecular complexity index is 1130. The van der Waals surface area contributed by atoms with Crippen LogP contribution in [0, 0.1) is 0 Å². The van der Waals surface area contributed by atoms with Crippen LogP contribution in [0.25, 0.3) is 0 Å². The highest BCUT2D eigenvalue weighted by atomic mass is 16.3. The molecule has 2 aromatic rings. The maximum Gasteiger partial charge on any atom is 0.240 e. The fourth-order valence-electron chi connectivity index (χ4n) is 2.51. The SMILES string of the molecule is C=C(C(=O)C(O)C(=O)c1ccc(N=C=O)cc1)C(=O)C(O)C(=O)c1ccc(N=C=O)cc1.OCCO. The number of hydrogen-bond donors (Lipinski definition) is 4. The molecule has 0 aromatic heterocycles. The van der Waals surface area contributed by atoms with Gasteiger partial charge in [-0.2, -0.15) is 9.98 Å². The van der Waals surface area contributed by atoms with Crippen LogP contribution in [-0.4, -0.2) is 81.1 Å². The van der Waals surface area contributed by atoms with Crippen molar-refractivity contribution in [1.82, 2.24) is 0 Å². The molecule has 2 unspecified atom stereocenters. The average molecular weight is 496 g/mol. The Balaban J connectivity index is 0.00000150. The summed E-state index contributed by atoms with van der Waals surface area (Å²) in [5.74, 6) is -4.93. The molecule has 186 valence electrons. The Morgan fingerprint density at radius 1 is 0.694 bits per heavy atom. The van der Waals surface area contributed by atoms with Crippen LogP contribution in [0.1, 0.15) is 20.7 Å². The number of aliphatic hydroxyl groups excluding tert-OH is 4. The monoisotopic (exact) mass is 496 g/mol. The normalized spacial score (nSPS) is 11.3. The molecule has 0 radical (unpaired) electrons. The second-order valence-corrected chi connectivity index (χ2v) is 6.69. The zero-order valence-corrected chi connectivity index (χ0v) is 18.5. The van der Waals surface area contributed by atoms with Crippen molar-refractivity contribution in [2.75, 3.05) is 13.2 Å². The van der Waals surface area contributed by atoms with Gasteiger partial charge in [-0.05, 0) is 48.5 Å². The highest BCUT2D eigenvalue weighted by Gasteiger charge is 2.34. The molecular weight excluding hydrogens is 476 g/mol. The molecule has 0 saturated heterocycles. The van der Waals surface area contributed by atoms with E-state index in [0.29, 0.717) is 0 Å². The number of aliphatic imine (C=N–C) groups is 2. The van der Waals surface area contributed by atoms with Crippen LogP contribution >= 0.6 is 0 Å². The van der Waals surface area contributed by atoms with E-state index >= 15 is 0 Å². The van der Waals surface area contributed by atoms with Crippen molar-refractivity contribution in [3.05, 3.63) is 71.8 Å². The van der Waals surface area contributed by atoms with Crippen LogP contribution in [0.2, 0.25) is 0 Å². The summed E-state index contributed by atoms with van der Waals surface area (Å²) in [7, 11) is 0. The summed E-state index contributed by atoms with van der Waals surface area (Å²) >= 11 is 0. The lowest BCUT2D eigenvalue weighted by molar-refractivity contribution is -0.127. The zero-order valence-electron chi connectivity index (χ0n) is 18.5. The molecule has 0 fully saturated rings. The smallest absolute Gasteiger partial charge is 0.240 e. The first-order valence-electron chi connectivity index (χ1n) is 9.92. The minimum Gasteiger partial charge on any atom is -0.394 e. The largest absolute Gasteiger partial charge is 0.394 e. The van der Waals surface area contributed by atoms with Crippen molar-refractivity contribution in [3.63, 3.8) is 0 Å². The number of isocyanates is 2. The molecule has 12 nitrogen and oxygen atoms in total. The third-order valence-electron chi connectivity index (χ3n) is 4.34. The molecule has 0 aliphatic rings. The Labute approximate surface area is 203 Å². The summed E-state index contributed by atoms with van der Waals surface area (Å²) in [6.07, 6.45) is -2.01. The second-order valence-electron chi connectivity index (χ2n) is 6.69. The zero-order chi connectivity index (χ0) is 27.3. The fourth-order valence-corrected chi connectivity index (χ4v) is 2.51. The van der Waals surface area contributed by atoms with E-state index in [1.54, 1.807) is 0 Å². The molecule has 12 heteroatoms. The maximum atomic E-state index is 12.3. The molecule has 4 N–H and O–H groups in total. The molecule has 2 rings (SSSR count). The third kappa shape index (κ3) is 8.05. The van der Waals surface area contributed by atoms with E-state index in [1.807, 2.05) is 0 Å². The predicted molar refractivity (Wildman–Crippen MR) is 122 cm³/mol. The second kappa shape index (κ2) is 14.7. The summed E-state index contributed by atoms with van der Waals surface area (Å²) in [5, 5.41) is 35.3. The Kier molecular flexibility index (Phi) is 12.0. The molecule has 0 amide bonds. The Morgan fingerprint density at radius 3 is 1.25 bits per heavy atom. The van der Waals surface area contributed by atoms with Crippen molar-refractivity contribution in [1.29, 1.82) is 0 Å². The predicted octanol–water partition coefficient (Wildman–Crippen LogP) is 0.0740. The van der Waals surface area contributed by atoms with Gasteiger partial charge >= 0.3 is 0 Å². The Morgan fingerprint density at radius 2 is 1.00 bits per heavy atom. The summed E-state index contributed by atoms with van der Waals surface area (Å²) in [6, 6.07) is 9.83. The average Bonchev–Trinajstić information content (AvgIpc) is 2.91. The van der Waals surface area contributed by atoms with Crippen LogP contribution in [0.4, 0.5) is 11.4 Å². The number of rotatable bonds is 11. The van der Waals surface area contributed by atoms with Crippen LogP contribution < -0.4 is 0 Å². The van der Waals surface area contributed by atoms with Gasteiger partial charge in [-0.3, -0.25) is 19.2 Å². The quantitative estimate of drug-likeness (QED) is 0.0822. The molecule has 36 heavy (non-hydrogen) atoms. The lowest BCUT2D eigenvalue weighted by Gasteiger charge is -2.13. The van der Waals surface area contributed by atoms with Gasteiger partial charge < -0.3 is 20.4 Å². The van der Waals surface area contributed by atoms with Gasteiger partial charge in [0, 0.05) is 11.1 Å². The van der Waals surface area contributed by atoms with Gasteiger partial charge in [0.15, 0.2) is 23.8 Å². The third-order valence-corrected chi connectivity index (χ3v) is 4.34. The topological polar surface area (TPSA) is 208 Å². The Hall–Kier alpha value is -4.54. The van der Waals surface area contributed by atoms with Crippen LogP contribution in [0.3, 0.4) is 0 Å². The molecule has 2 aromatic carbocycles. The van der Waals surface area contributed by atoms with Crippen LogP contribution in [0.5, 0.6) is 0 Å². The summed E-state index contributed by atoms with van der Waals surface area (Å²) in [5.41, 5.74) is -0.818. The highest BCUT2D eigenvalue weighted by Crippen LogP contribution is 2.17. The molecule has 0 aliphatic carbocycles. The minimum atomic E-state index is -2.31. The van der Waals surface area contributed by atoms with Gasteiger partial charge in [-0.1, -0.05) is 6.58 Å². The lowest BCUT2D eigenvalue weighted by Crippen LogP contribution is -2.38. The number of carbonyl (C=O) groups excluding carboxylic acids is 6. The minimum absolute atomic E-state index is 0.120. The van der Waals surface area contributed by atoms with Gasteiger partial charge in [0.1, 0.15) is 0 Å². The number of carbonyl (C=O) groups is 4. The van der Waals surface area contributed by atoms with Crippen LogP contribution in [-0.2, 0) is 19.2 Å². The first-order valence-corrected chi connectivity index (χ1v) is 9.92. The van der Waals surface area contributed by atoms with Gasteiger partial charge in [-0.25, -0.2) is 9.59 Å². The van der Waals surface area contributed by atoms with Gasteiger partial charge in [0.25, 0.3) is 0 Å². The highest BCUT2D eigenvalue weighted by molar-refractivity contribution is 6.32. The molecular formula is C24H20N2O10. The summed E-state index contributed by atoms with van der Waals surface area (Å²) in [4.78, 5) is 76.3. The number of ketones is 4. The van der Waals surface area contributed by atoms with Crippen molar-refractivity contribution < 1.29 is 49.2 Å². The lowest BCUT2D eigenvalue weighted by atomic mass is 9.93. The number of nitrogens with zero attached hydrogens (tertiary/aromatic N) is 2. The van der Waals surface area contributed by atoms with E-state index in [-0.39, 0.29) is 35.7 Å². The van der Waals surface area contributed by atoms with Gasteiger partial charge in [0.2, 0.25) is 23.7 Å². The van der Waals surface area contributed by atoms with Crippen molar-refractivity contribution in [2.45, 2.75) is 12.2 Å². The number of benzene rings is 2. The van der Waals surface area contributed by atoms with E-state index in [0.717, 1.165) is 0 Å². The van der Waals surface area contributed by atoms with Crippen molar-refractivity contribution in [3.8, 4) is 0 Å². The molecule has 2 atom stereocenters. The van der Waals surface area contributed by atoms with E-state index in [1.165, 1.54) is 60.7 Å². The summed E-state index contributed by atoms with van der Waals surface area (Å²) in [6.45, 7) is 2.94. The van der Waals surface area contributed by atoms with E-state index in [9.17, 15) is 39.0 Å². The first-order chi connectivity index (χ1) is 17.1. The van der Waals surface area contributed by atoms with E-state index < -0.39 is 40.9 Å². The number of Topliss-reactive ketones (excluding diaryl/α,β-unsaturated/α-hetero) is 4. The van der Waals surface area contributed by atoms with Crippen LogP contribution in [0.15, 0.2) is 70.7 Å². The maximum absolute atomic E-state index is 12.3. The first kappa shape index (κ1) is 29.5. The van der Waals surface area contributed by atoms with E-state index in [4.69, 9.17) is 10.2 Å². The van der Waals surface area contributed by atoms with Gasteiger partial charge in [-0.15, -0.1) is 0 Å². The van der Waals surface area contributed by atoms with Gasteiger partial charge in [0.05, 0.1) is 30.2 Å². The molecule has 0 heterocycles.